The summed E-state index contributed by atoms with van der Waals surface area (Å²) in [6.07, 6.45) is 2.41. The zero-order valence-electron chi connectivity index (χ0n) is 17.4. The largest absolute Gasteiger partial charge is 0.355 e. The summed E-state index contributed by atoms with van der Waals surface area (Å²) in [7, 11) is 0. The Morgan fingerprint density at radius 1 is 1.09 bits per heavy atom. The first-order chi connectivity index (χ1) is 15.5. The molecule has 4 aromatic rings. The first-order valence-electron chi connectivity index (χ1n) is 10.1. The van der Waals surface area contributed by atoms with Crippen molar-refractivity contribution in [1.82, 2.24) is 19.9 Å². The number of halogens is 1. The molecule has 1 amide bonds. The molecule has 0 aliphatic rings. The molecule has 2 aromatic heterocycles. The number of fused-ring (bicyclic) bond motifs is 1. The van der Waals surface area contributed by atoms with Crippen molar-refractivity contribution in [2.24, 2.45) is 0 Å². The van der Waals surface area contributed by atoms with Crippen molar-refractivity contribution in [3.8, 4) is 5.82 Å². The monoisotopic (exact) mass is 464 g/mol. The Balaban J connectivity index is 1.50. The zero-order chi connectivity index (χ0) is 22.5. The number of nitrogens with one attached hydrogen (secondary N) is 1. The summed E-state index contributed by atoms with van der Waals surface area (Å²) in [5.41, 5.74) is 2.46. The average molecular weight is 465 g/mol. The third kappa shape index (κ3) is 5.18. The highest BCUT2D eigenvalue weighted by Crippen LogP contribution is 2.20. The normalized spacial score (nSPS) is 10.9. The quantitative estimate of drug-likeness (QED) is 0.328. The lowest BCUT2D eigenvalue weighted by Gasteiger charge is -2.12. The van der Waals surface area contributed by atoms with Gasteiger partial charge in [-0.1, -0.05) is 53.7 Å². The number of aryl methyl sites for hydroxylation is 1. The minimum absolute atomic E-state index is 0.130. The van der Waals surface area contributed by atoms with E-state index in [0.717, 1.165) is 11.1 Å². The van der Waals surface area contributed by atoms with Crippen molar-refractivity contribution in [1.29, 1.82) is 0 Å². The van der Waals surface area contributed by atoms with Gasteiger partial charge in [-0.25, -0.2) is 14.5 Å². The molecular formula is C24H21ClN4O2S. The van der Waals surface area contributed by atoms with Gasteiger partial charge in [-0.15, -0.1) is 0 Å². The second-order valence-electron chi connectivity index (χ2n) is 7.26. The first kappa shape index (κ1) is 22.0. The van der Waals surface area contributed by atoms with Gasteiger partial charge in [-0.3, -0.25) is 9.59 Å². The average Bonchev–Trinajstić information content (AvgIpc) is 2.80. The SMILES string of the molecule is Cc1ccc(-n2c(SCC(=O)NCCc3ccc(Cl)cc3)nc3ccccc3c2=O)nc1. The molecule has 0 bridgehead atoms. The summed E-state index contributed by atoms with van der Waals surface area (Å²) < 4.78 is 1.47. The lowest BCUT2D eigenvalue weighted by molar-refractivity contribution is -0.118. The number of carbonyl (C=O) groups excluding carboxylic acids is 1. The number of thioether (sulfide) groups is 1. The van der Waals surface area contributed by atoms with E-state index in [2.05, 4.69) is 15.3 Å². The van der Waals surface area contributed by atoms with Gasteiger partial charge < -0.3 is 5.32 Å². The number of carbonyl (C=O) groups is 1. The molecule has 0 unspecified atom stereocenters. The molecule has 0 fully saturated rings. The molecule has 0 radical (unpaired) electrons. The third-order valence-electron chi connectivity index (χ3n) is 4.85. The maximum Gasteiger partial charge on any atom is 0.267 e. The fourth-order valence-corrected chi connectivity index (χ4v) is 4.14. The molecule has 2 aromatic carbocycles. The Kier molecular flexibility index (Phi) is 6.87. The van der Waals surface area contributed by atoms with Crippen molar-refractivity contribution >= 4 is 40.2 Å². The summed E-state index contributed by atoms with van der Waals surface area (Å²) in [5.74, 6) is 0.483. The number of hydrogen-bond donors (Lipinski definition) is 1. The molecule has 4 rings (SSSR count). The summed E-state index contributed by atoms with van der Waals surface area (Å²) in [6.45, 7) is 2.45. The smallest absolute Gasteiger partial charge is 0.267 e. The Morgan fingerprint density at radius 2 is 1.88 bits per heavy atom. The van der Waals surface area contributed by atoms with Crippen molar-refractivity contribution in [2.45, 2.75) is 18.5 Å². The van der Waals surface area contributed by atoms with Crippen LogP contribution in [-0.2, 0) is 11.2 Å². The van der Waals surface area contributed by atoms with Crippen LogP contribution in [0.1, 0.15) is 11.1 Å². The molecule has 0 saturated carbocycles. The Hall–Kier alpha value is -3.16. The van der Waals surface area contributed by atoms with Crippen LogP contribution in [0, 0.1) is 6.92 Å². The topological polar surface area (TPSA) is 76.9 Å². The van der Waals surface area contributed by atoms with Crippen molar-refractivity contribution in [2.75, 3.05) is 12.3 Å². The van der Waals surface area contributed by atoms with Gasteiger partial charge in [-0.05, 0) is 54.8 Å². The Labute approximate surface area is 194 Å². The molecule has 0 saturated heterocycles. The first-order valence-corrected chi connectivity index (χ1v) is 11.5. The molecule has 32 heavy (non-hydrogen) atoms. The van der Waals surface area contributed by atoms with Crippen LogP contribution in [0.5, 0.6) is 0 Å². The predicted molar refractivity (Wildman–Crippen MR) is 129 cm³/mol. The number of aromatic nitrogens is 3. The zero-order valence-corrected chi connectivity index (χ0v) is 19.0. The molecule has 2 heterocycles. The number of para-hydroxylation sites is 1. The van der Waals surface area contributed by atoms with Crippen molar-refractivity contribution in [3.05, 3.63) is 93.4 Å². The van der Waals surface area contributed by atoms with Crippen LogP contribution < -0.4 is 10.9 Å². The van der Waals surface area contributed by atoms with Gasteiger partial charge in [0.2, 0.25) is 5.91 Å². The molecule has 8 heteroatoms. The molecule has 0 spiro atoms. The maximum atomic E-state index is 13.2. The summed E-state index contributed by atoms with van der Waals surface area (Å²) in [4.78, 5) is 34.6. The second kappa shape index (κ2) is 9.97. The van der Waals surface area contributed by atoms with Gasteiger partial charge in [0.1, 0.15) is 5.82 Å². The molecule has 0 aliphatic heterocycles. The van der Waals surface area contributed by atoms with Gasteiger partial charge >= 0.3 is 0 Å². The maximum absolute atomic E-state index is 13.2. The minimum Gasteiger partial charge on any atom is -0.355 e. The van der Waals surface area contributed by atoms with Crippen LogP contribution in [0.4, 0.5) is 0 Å². The number of nitrogens with zero attached hydrogens (tertiary/aromatic N) is 3. The van der Waals surface area contributed by atoms with Gasteiger partial charge in [0.15, 0.2) is 5.16 Å². The van der Waals surface area contributed by atoms with Crippen LogP contribution in [-0.4, -0.2) is 32.7 Å². The molecule has 1 N–H and O–H groups in total. The standard InChI is InChI=1S/C24H21ClN4O2S/c1-16-6-11-21(27-14-16)29-23(31)19-4-2-3-5-20(19)28-24(29)32-15-22(30)26-13-12-17-7-9-18(25)10-8-17/h2-11,14H,12-13,15H2,1H3,(H,26,30). The number of hydrogen-bond acceptors (Lipinski definition) is 5. The van der Waals surface area contributed by atoms with E-state index in [1.54, 1.807) is 30.5 Å². The molecule has 6 nitrogen and oxygen atoms in total. The summed E-state index contributed by atoms with van der Waals surface area (Å²) in [5, 5.41) is 4.53. The predicted octanol–water partition coefficient (Wildman–Crippen LogP) is 4.19. The molecule has 0 atom stereocenters. The van der Waals surface area contributed by atoms with E-state index >= 15 is 0 Å². The van der Waals surface area contributed by atoms with Gasteiger partial charge in [-0.2, -0.15) is 0 Å². The van der Waals surface area contributed by atoms with Gasteiger partial charge in [0.25, 0.3) is 5.56 Å². The van der Waals surface area contributed by atoms with E-state index in [9.17, 15) is 9.59 Å². The molecular weight excluding hydrogens is 444 g/mol. The van der Waals surface area contributed by atoms with Crippen molar-refractivity contribution in [3.63, 3.8) is 0 Å². The molecule has 162 valence electrons. The Morgan fingerprint density at radius 3 is 2.62 bits per heavy atom. The molecule has 0 aliphatic carbocycles. The highest BCUT2D eigenvalue weighted by Gasteiger charge is 2.15. The number of benzene rings is 2. The second-order valence-corrected chi connectivity index (χ2v) is 8.64. The van der Waals surface area contributed by atoms with Crippen molar-refractivity contribution < 1.29 is 4.79 Å². The summed E-state index contributed by atoms with van der Waals surface area (Å²) >= 11 is 7.11. The number of amides is 1. The Bertz CT molecular complexity index is 1300. The number of pyridine rings is 1. The van der Waals surface area contributed by atoms with Crippen LogP contribution >= 0.6 is 23.4 Å². The van der Waals surface area contributed by atoms with E-state index in [4.69, 9.17) is 11.6 Å². The highest BCUT2D eigenvalue weighted by molar-refractivity contribution is 7.99. The minimum atomic E-state index is -0.211. The van der Waals surface area contributed by atoms with E-state index < -0.39 is 0 Å². The number of rotatable bonds is 7. The highest BCUT2D eigenvalue weighted by atomic mass is 35.5. The van der Waals surface area contributed by atoms with E-state index in [-0.39, 0.29) is 17.2 Å². The van der Waals surface area contributed by atoms with Crippen LogP contribution in [0.15, 0.2) is 76.8 Å². The van der Waals surface area contributed by atoms with Gasteiger partial charge in [0.05, 0.1) is 16.7 Å². The van der Waals surface area contributed by atoms with Crippen LogP contribution in [0.25, 0.3) is 16.7 Å². The van der Waals surface area contributed by atoms with E-state index in [1.807, 2.05) is 43.3 Å². The van der Waals surface area contributed by atoms with Gasteiger partial charge in [0, 0.05) is 17.8 Å². The summed E-state index contributed by atoms with van der Waals surface area (Å²) in [6, 6.07) is 18.4. The lowest BCUT2D eigenvalue weighted by Crippen LogP contribution is -2.28. The fraction of sp³-hybridized carbons (Fsp3) is 0.167. The van der Waals surface area contributed by atoms with Crippen LogP contribution in [0.3, 0.4) is 0 Å². The lowest BCUT2D eigenvalue weighted by atomic mass is 10.1. The third-order valence-corrected chi connectivity index (χ3v) is 6.04. The van der Waals surface area contributed by atoms with Crippen LogP contribution in [0.2, 0.25) is 5.02 Å². The van der Waals surface area contributed by atoms with E-state index in [1.165, 1.54) is 16.3 Å². The van der Waals surface area contributed by atoms with E-state index in [0.29, 0.717) is 39.9 Å². The fourth-order valence-electron chi connectivity index (χ4n) is 3.18.